The van der Waals surface area contributed by atoms with Crippen LogP contribution in [0.25, 0.3) is 0 Å². The van der Waals surface area contributed by atoms with Crippen molar-refractivity contribution in [2.45, 2.75) is 63.5 Å². The predicted octanol–water partition coefficient (Wildman–Crippen LogP) is 5.54. The van der Waals surface area contributed by atoms with Crippen LogP contribution in [-0.2, 0) is 16.6 Å². The van der Waals surface area contributed by atoms with Gasteiger partial charge in [0.1, 0.15) is 5.78 Å². The number of alkyl halides is 3. The van der Waals surface area contributed by atoms with Crippen LogP contribution in [0.5, 0.6) is 0 Å². The summed E-state index contributed by atoms with van der Waals surface area (Å²) in [4.78, 5) is 29.0. The molecule has 2 aromatic rings. The van der Waals surface area contributed by atoms with E-state index in [1.165, 1.54) is 0 Å². The average Bonchev–Trinajstić information content (AvgIpc) is 2.85. The van der Waals surface area contributed by atoms with Crippen LogP contribution in [0.4, 0.5) is 18.9 Å². The number of pyridine rings is 1. The number of hydrogen-bond donors (Lipinski definition) is 1. The summed E-state index contributed by atoms with van der Waals surface area (Å²) >= 11 is 0. The van der Waals surface area contributed by atoms with Gasteiger partial charge in [-0.05, 0) is 73.9 Å². The van der Waals surface area contributed by atoms with Crippen LogP contribution in [0.1, 0.15) is 65.7 Å². The largest absolute Gasteiger partial charge is 0.389 e. The molecule has 2 atom stereocenters. The van der Waals surface area contributed by atoms with Crippen LogP contribution in [0.3, 0.4) is 0 Å². The smallest absolute Gasteiger partial charge is 0.320 e. The second-order valence-electron chi connectivity index (χ2n) is 8.74. The third-order valence-electron chi connectivity index (χ3n) is 6.78. The van der Waals surface area contributed by atoms with Crippen LogP contribution >= 0.6 is 0 Å². The zero-order chi connectivity index (χ0) is 22.2. The van der Waals surface area contributed by atoms with E-state index in [0.29, 0.717) is 41.8 Å². The number of carbonyl (C=O) groups is 2. The molecule has 1 aromatic carbocycles. The van der Waals surface area contributed by atoms with Gasteiger partial charge in [0.15, 0.2) is 0 Å². The molecular weight excluding hydrogens is 405 g/mol. The summed E-state index contributed by atoms with van der Waals surface area (Å²) in [5.41, 5.74) is 2.05. The number of nitrogens with one attached hydrogen (secondary N) is 1. The Balaban J connectivity index is 1.71. The molecule has 1 N–H and O–H groups in total. The molecule has 0 aliphatic heterocycles. The van der Waals surface area contributed by atoms with Crippen LogP contribution < -0.4 is 5.32 Å². The highest BCUT2D eigenvalue weighted by atomic mass is 19.4. The van der Waals surface area contributed by atoms with Crippen LogP contribution in [0, 0.1) is 12.8 Å². The molecule has 4 rings (SSSR count). The van der Waals surface area contributed by atoms with E-state index in [1.807, 2.05) is 0 Å². The van der Waals surface area contributed by atoms with Crippen molar-refractivity contribution in [3.8, 4) is 0 Å². The summed E-state index contributed by atoms with van der Waals surface area (Å²) in [6.45, 7) is 1.79. The summed E-state index contributed by atoms with van der Waals surface area (Å²) in [5, 5.41) is 2.83. The van der Waals surface area contributed by atoms with E-state index in [9.17, 15) is 22.8 Å². The van der Waals surface area contributed by atoms with Crippen molar-refractivity contribution < 1.29 is 22.8 Å². The number of ketones is 1. The van der Waals surface area contributed by atoms with Crippen molar-refractivity contribution in [3.63, 3.8) is 0 Å². The number of carbonyl (C=O) groups excluding carboxylic acids is 2. The van der Waals surface area contributed by atoms with Crippen molar-refractivity contribution in [3.05, 3.63) is 58.9 Å². The Morgan fingerprint density at radius 2 is 2.06 bits per heavy atom. The van der Waals surface area contributed by atoms with E-state index in [1.54, 1.807) is 43.5 Å². The van der Waals surface area contributed by atoms with E-state index in [4.69, 9.17) is 0 Å². The van der Waals surface area contributed by atoms with Crippen molar-refractivity contribution in [2.75, 3.05) is 5.32 Å². The third-order valence-corrected chi connectivity index (χ3v) is 6.78. The Morgan fingerprint density at radius 1 is 1.26 bits per heavy atom. The molecule has 1 saturated carbocycles. The molecule has 0 unspecified atom stereocenters. The maximum Gasteiger partial charge on any atom is 0.389 e. The topological polar surface area (TPSA) is 59.1 Å². The van der Waals surface area contributed by atoms with Crippen LogP contribution in [0.15, 0.2) is 36.5 Å². The standard InChI is InChI=1S/C24H25F3N2O2/c1-15-21(6-3-11-28-15)29-22(31)17-7-8-20-16(12-17)4-2-5-18-13-19(30)9-10-23(18,20)14-24(25,26)27/h3,6-8,11-12,18H,2,4-5,9-10,13-14H2,1H3,(H,29,31)/t18-,23-/m1/s1. The van der Waals surface area contributed by atoms with Gasteiger partial charge in [0.05, 0.1) is 17.8 Å². The fourth-order valence-electron chi connectivity index (χ4n) is 5.33. The van der Waals surface area contributed by atoms with Gasteiger partial charge in [-0.15, -0.1) is 0 Å². The number of anilines is 1. The minimum Gasteiger partial charge on any atom is -0.320 e. The molecule has 4 nitrogen and oxygen atoms in total. The van der Waals surface area contributed by atoms with Crippen molar-refractivity contribution in [2.24, 2.45) is 5.92 Å². The van der Waals surface area contributed by atoms with Gasteiger partial charge >= 0.3 is 6.18 Å². The van der Waals surface area contributed by atoms with Gasteiger partial charge in [0.25, 0.3) is 5.91 Å². The van der Waals surface area contributed by atoms with Crippen molar-refractivity contribution in [1.82, 2.24) is 4.98 Å². The predicted molar refractivity (Wildman–Crippen MR) is 111 cm³/mol. The zero-order valence-electron chi connectivity index (χ0n) is 17.4. The van der Waals surface area contributed by atoms with E-state index in [0.717, 1.165) is 5.56 Å². The third kappa shape index (κ3) is 4.36. The lowest BCUT2D eigenvalue weighted by Gasteiger charge is -2.44. The molecule has 0 bridgehead atoms. The number of benzene rings is 1. The lowest BCUT2D eigenvalue weighted by molar-refractivity contribution is -0.159. The molecule has 1 fully saturated rings. The lowest BCUT2D eigenvalue weighted by atomic mass is 9.59. The Morgan fingerprint density at radius 3 is 2.81 bits per heavy atom. The number of hydrogen-bond acceptors (Lipinski definition) is 3. The first-order valence-electron chi connectivity index (χ1n) is 10.6. The summed E-state index contributed by atoms with van der Waals surface area (Å²) in [7, 11) is 0. The quantitative estimate of drug-likeness (QED) is 0.696. The van der Waals surface area contributed by atoms with E-state index >= 15 is 0 Å². The number of halogens is 3. The molecule has 0 spiro atoms. The molecule has 1 amide bonds. The molecule has 164 valence electrons. The highest BCUT2D eigenvalue weighted by Gasteiger charge is 2.52. The second-order valence-corrected chi connectivity index (χ2v) is 8.74. The van der Waals surface area contributed by atoms with E-state index < -0.39 is 18.0 Å². The van der Waals surface area contributed by atoms with Gasteiger partial charge in [-0.1, -0.05) is 6.07 Å². The first-order valence-corrected chi connectivity index (χ1v) is 10.6. The number of nitrogens with zero attached hydrogens (tertiary/aromatic N) is 1. The Hall–Kier alpha value is -2.70. The minimum absolute atomic E-state index is 0.0501. The number of aryl methyl sites for hydroxylation is 2. The fraction of sp³-hybridized carbons (Fsp3) is 0.458. The Bertz CT molecular complexity index is 1020. The minimum atomic E-state index is -4.33. The molecule has 31 heavy (non-hydrogen) atoms. The molecule has 7 heteroatoms. The van der Waals surface area contributed by atoms with Gasteiger partial charge in [-0.25, -0.2) is 0 Å². The summed E-state index contributed by atoms with van der Waals surface area (Å²) in [6.07, 6.45) is -1.12. The van der Waals surface area contributed by atoms with Gasteiger partial charge in [0, 0.05) is 30.0 Å². The highest BCUT2D eigenvalue weighted by molar-refractivity contribution is 6.04. The lowest BCUT2D eigenvalue weighted by Crippen LogP contribution is -2.44. The maximum atomic E-state index is 13.7. The summed E-state index contributed by atoms with van der Waals surface area (Å²) in [6, 6.07) is 8.51. The fourth-order valence-corrected chi connectivity index (χ4v) is 5.33. The highest BCUT2D eigenvalue weighted by Crippen LogP contribution is 2.53. The summed E-state index contributed by atoms with van der Waals surface area (Å²) in [5.74, 6) is -0.577. The zero-order valence-corrected chi connectivity index (χ0v) is 17.4. The Kier molecular flexibility index (Phi) is 5.62. The van der Waals surface area contributed by atoms with Gasteiger partial charge < -0.3 is 5.32 Å². The molecule has 1 heterocycles. The maximum absolute atomic E-state index is 13.7. The number of rotatable bonds is 3. The average molecular weight is 430 g/mol. The molecule has 1 aromatic heterocycles. The van der Waals surface area contributed by atoms with Gasteiger partial charge in [-0.2, -0.15) is 13.2 Å². The van der Waals surface area contributed by atoms with Crippen molar-refractivity contribution in [1.29, 1.82) is 0 Å². The molecule has 2 aliphatic rings. The van der Waals surface area contributed by atoms with Gasteiger partial charge in [0.2, 0.25) is 0 Å². The number of aromatic nitrogens is 1. The molecule has 2 aliphatic carbocycles. The number of fused-ring (bicyclic) bond motifs is 3. The van der Waals surface area contributed by atoms with Crippen LogP contribution in [0.2, 0.25) is 0 Å². The van der Waals surface area contributed by atoms with E-state index in [-0.39, 0.29) is 36.9 Å². The monoisotopic (exact) mass is 430 g/mol. The Labute approximate surface area is 179 Å². The SMILES string of the molecule is Cc1ncccc1NC(=O)c1ccc2c(c1)CCC[C@@H]1CC(=O)CC[C@]21CC(F)(F)F. The second kappa shape index (κ2) is 8.09. The number of amides is 1. The molecule has 0 radical (unpaired) electrons. The summed E-state index contributed by atoms with van der Waals surface area (Å²) < 4.78 is 41.0. The molecule has 0 saturated heterocycles. The normalized spacial score (nSPS) is 23.5. The van der Waals surface area contributed by atoms with Crippen LogP contribution in [-0.4, -0.2) is 22.9 Å². The van der Waals surface area contributed by atoms with Crippen molar-refractivity contribution >= 4 is 17.4 Å². The molecular formula is C24H25F3N2O2. The first-order chi connectivity index (χ1) is 14.7. The number of Topliss-reactive ketones (excluding diaryl/α,β-unsaturated/α-hetero) is 1. The van der Waals surface area contributed by atoms with E-state index in [2.05, 4.69) is 10.3 Å². The van der Waals surface area contributed by atoms with Gasteiger partial charge in [-0.3, -0.25) is 14.6 Å². The first kappa shape index (κ1) is 21.5.